The minimum Gasteiger partial charge on any atom is -0.271 e. The number of nitrogens with two attached hydrogens (primary N) is 1. The number of nitrogens with one attached hydrogen (secondary N) is 1. The molecule has 2 nitrogen and oxygen atoms in total. The SMILES string of the molecule is NNC(Cc1cccs1)c1ccccc1F. The van der Waals surface area contributed by atoms with Gasteiger partial charge in [-0.05, 0) is 17.5 Å². The van der Waals surface area contributed by atoms with Gasteiger partial charge >= 0.3 is 0 Å². The lowest BCUT2D eigenvalue weighted by Crippen LogP contribution is -2.30. The van der Waals surface area contributed by atoms with E-state index in [9.17, 15) is 4.39 Å². The van der Waals surface area contributed by atoms with Crippen LogP contribution < -0.4 is 11.3 Å². The zero-order chi connectivity index (χ0) is 11.4. The Bertz CT molecular complexity index is 442. The monoisotopic (exact) mass is 236 g/mol. The highest BCUT2D eigenvalue weighted by Crippen LogP contribution is 2.22. The number of hydrazine groups is 1. The van der Waals surface area contributed by atoms with Gasteiger partial charge in [-0.3, -0.25) is 11.3 Å². The first-order valence-corrected chi connectivity index (χ1v) is 5.92. The number of hydrogen-bond acceptors (Lipinski definition) is 3. The molecule has 4 heteroatoms. The van der Waals surface area contributed by atoms with Crippen LogP contribution in [0.4, 0.5) is 4.39 Å². The van der Waals surface area contributed by atoms with Crippen LogP contribution in [-0.4, -0.2) is 0 Å². The van der Waals surface area contributed by atoms with Crippen molar-refractivity contribution in [3.8, 4) is 0 Å². The number of halogens is 1. The minimum absolute atomic E-state index is 0.181. The molecule has 1 aromatic heterocycles. The van der Waals surface area contributed by atoms with Gasteiger partial charge < -0.3 is 0 Å². The lowest BCUT2D eigenvalue weighted by Gasteiger charge is -2.15. The third kappa shape index (κ3) is 2.47. The normalized spacial score (nSPS) is 12.6. The van der Waals surface area contributed by atoms with Crippen molar-refractivity contribution in [3.63, 3.8) is 0 Å². The minimum atomic E-state index is -0.220. The van der Waals surface area contributed by atoms with Gasteiger partial charge in [0.05, 0.1) is 6.04 Å². The Morgan fingerprint density at radius 3 is 2.69 bits per heavy atom. The summed E-state index contributed by atoms with van der Waals surface area (Å²) in [5.41, 5.74) is 3.27. The summed E-state index contributed by atoms with van der Waals surface area (Å²) in [5.74, 6) is 5.26. The fourth-order valence-corrected chi connectivity index (χ4v) is 2.40. The molecular weight excluding hydrogens is 223 g/mol. The molecule has 0 saturated heterocycles. The first-order valence-electron chi connectivity index (χ1n) is 5.04. The van der Waals surface area contributed by atoms with E-state index in [2.05, 4.69) is 5.43 Å². The molecule has 0 fully saturated rings. The van der Waals surface area contributed by atoms with E-state index >= 15 is 0 Å². The van der Waals surface area contributed by atoms with Gasteiger partial charge in [-0.25, -0.2) is 4.39 Å². The number of rotatable bonds is 4. The van der Waals surface area contributed by atoms with E-state index < -0.39 is 0 Å². The van der Waals surface area contributed by atoms with Gasteiger partial charge in [0.2, 0.25) is 0 Å². The fraction of sp³-hybridized carbons (Fsp3) is 0.167. The molecule has 2 rings (SSSR count). The van der Waals surface area contributed by atoms with Crippen LogP contribution in [0.25, 0.3) is 0 Å². The Hall–Kier alpha value is -1.23. The predicted octanol–water partition coefficient (Wildman–Crippen LogP) is 2.63. The van der Waals surface area contributed by atoms with Crippen molar-refractivity contribution in [1.29, 1.82) is 0 Å². The molecule has 0 saturated carbocycles. The van der Waals surface area contributed by atoms with Gasteiger partial charge in [0.1, 0.15) is 5.82 Å². The van der Waals surface area contributed by atoms with Crippen LogP contribution in [0.5, 0.6) is 0 Å². The molecular formula is C12H13FN2S. The zero-order valence-electron chi connectivity index (χ0n) is 8.69. The summed E-state index contributed by atoms with van der Waals surface area (Å²) in [6, 6.07) is 10.5. The molecule has 0 radical (unpaired) electrons. The Balaban J connectivity index is 2.20. The molecule has 1 unspecified atom stereocenters. The Morgan fingerprint density at radius 2 is 2.06 bits per heavy atom. The van der Waals surface area contributed by atoms with Crippen molar-refractivity contribution >= 4 is 11.3 Å². The molecule has 0 aliphatic rings. The third-order valence-corrected chi connectivity index (χ3v) is 3.37. The largest absolute Gasteiger partial charge is 0.271 e. The molecule has 1 aromatic carbocycles. The van der Waals surface area contributed by atoms with Crippen molar-refractivity contribution in [3.05, 3.63) is 58.0 Å². The molecule has 1 heterocycles. The highest BCUT2D eigenvalue weighted by molar-refractivity contribution is 7.09. The molecule has 16 heavy (non-hydrogen) atoms. The number of hydrogen-bond donors (Lipinski definition) is 2. The van der Waals surface area contributed by atoms with Gasteiger partial charge in [-0.15, -0.1) is 11.3 Å². The summed E-state index contributed by atoms with van der Waals surface area (Å²) in [5, 5.41) is 2.00. The maximum atomic E-state index is 13.6. The summed E-state index contributed by atoms with van der Waals surface area (Å²) in [4.78, 5) is 1.19. The quantitative estimate of drug-likeness (QED) is 0.632. The Morgan fingerprint density at radius 1 is 1.25 bits per heavy atom. The molecule has 0 amide bonds. The van der Waals surface area contributed by atoms with Crippen molar-refractivity contribution in [1.82, 2.24) is 5.43 Å². The second-order valence-corrected chi connectivity index (χ2v) is 4.56. The lowest BCUT2D eigenvalue weighted by atomic mass is 10.0. The summed E-state index contributed by atoms with van der Waals surface area (Å²) in [7, 11) is 0. The van der Waals surface area contributed by atoms with Gasteiger partial charge in [0.25, 0.3) is 0 Å². The summed E-state index contributed by atoms with van der Waals surface area (Å²) < 4.78 is 13.6. The summed E-state index contributed by atoms with van der Waals surface area (Å²) >= 11 is 1.65. The van der Waals surface area contributed by atoms with E-state index in [4.69, 9.17) is 5.84 Å². The van der Waals surface area contributed by atoms with Crippen LogP contribution >= 0.6 is 11.3 Å². The first kappa shape index (κ1) is 11.3. The average Bonchev–Trinajstić information content (AvgIpc) is 2.80. The van der Waals surface area contributed by atoms with Crippen LogP contribution in [0.3, 0.4) is 0 Å². The van der Waals surface area contributed by atoms with E-state index in [1.54, 1.807) is 23.5 Å². The summed E-state index contributed by atoms with van der Waals surface area (Å²) in [6.45, 7) is 0. The van der Waals surface area contributed by atoms with E-state index in [1.807, 2.05) is 23.6 Å². The van der Waals surface area contributed by atoms with Gasteiger partial charge in [0.15, 0.2) is 0 Å². The van der Waals surface area contributed by atoms with Crippen LogP contribution in [0.2, 0.25) is 0 Å². The summed E-state index contributed by atoms with van der Waals surface area (Å²) in [6.07, 6.45) is 0.703. The van der Waals surface area contributed by atoms with E-state index in [-0.39, 0.29) is 11.9 Å². The smallest absolute Gasteiger partial charge is 0.128 e. The van der Waals surface area contributed by atoms with Crippen molar-refractivity contribution < 1.29 is 4.39 Å². The predicted molar refractivity (Wildman–Crippen MR) is 64.5 cm³/mol. The molecule has 1 atom stereocenters. The fourth-order valence-electron chi connectivity index (χ4n) is 1.65. The zero-order valence-corrected chi connectivity index (χ0v) is 9.51. The number of benzene rings is 1. The maximum Gasteiger partial charge on any atom is 0.128 e. The third-order valence-electron chi connectivity index (χ3n) is 2.47. The average molecular weight is 236 g/mol. The second kappa shape index (κ2) is 5.21. The van der Waals surface area contributed by atoms with Crippen LogP contribution in [0, 0.1) is 5.82 Å². The van der Waals surface area contributed by atoms with Crippen LogP contribution in [0.1, 0.15) is 16.5 Å². The molecule has 0 spiro atoms. The van der Waals surface area contributed by atoms with Crippen molar-refractivity contribution in [2.45, 2.75) is 12.5 Å². The van der Waals surface area contributed by atoms with Gasteiger partial charge in [-0.1, -0.05) is 24.3 Å². The van der Waals surface area contributed by atoms with Gasteiger partial charge in [-0.2, -0.15) is 0 Å². The molecule has 2 aromatic rings. The Labute approximate surface area is 97.9 Å². The highest BCUT2D eigenvalue weighted by Gasteiger charge is 2.14. The molecule has 0 aliphatic heterocycles. The Kier molecular flexibility index (Phi) is 3.66. The molecule has 0 bridgehead atoms. The number of thiophene rings is 1. The first-order chi connectivity index (χ1) is 7.81. The topological polar surface area (TPSA) is 38.0 Å². The van der Waals surface area contributed by atoms with E-state index in [0.717, 1.165) is 0 Å². The van der Waals surface area contributed by atoms with Gasteiger partial charge in [0, 0.05) is 16.9 Å². The van der Waals surface area contributed by atoms with E-state index in [1.165, 1.54) is 10.9 Å². The van der Waals surface area contributed by atoms with E-state index in [0.29, 0.717) is 12.0 Å². The second-order valence-electron chi connectivity index (χ2n) is 3.52. The maximum absolute atomic E-state index is 13.6. The highest BCUT2D eigenvalue weighted by atomic mass is 32.1. The van der Waals surface area contributed by atoms with Crippen molar-refractivity contribution in [2.75, 3.05) is 0 Å². The molecule has 3 N–H and O–H groups in total. The van der Waals surface area contributed by atoms with Crippen LogP contribution in [-0.2, 0) is 6.42 Å². The lowest BCUT2D eigenvalue weighted by molar-refractivity contribution is 0.513. The molecule has 0 aliphatic carbocycles. The van der Waals surface area contributed by atoms with Crippen LogP contribution in [0.15, 0.2) is 41.8 Å². The molecule has 84 valence electrons. The van der Waals surface area contributed by atoms with Crippen molar-refractivity contribution in [2.24, 2.45) is 5.84 Å². The standard InChI is InChI=1S/C12H13FN2S/c13-11-6-2-1-5-10(11)12(15-14)8-9-4-3-7-16-9/h1-7,12,15H,8,14H2.